The van der Waals surface area contributed by atoms with Crippen LogP contribution in [0.15, 0.2) is 42.5 Å². The number of carbonyl (C=O) groups is 1. The lowest BCUT2D eigenvalue weighted by Crippen LogP contribution is -2.28. The number of hydrogen-bond acceptors (Lipinski definition) is 4. The Morgan fingerprint density at radius 3 is 2.16 bits per heavy atom. The second-order valence-corrected chi connectivity index (χ2v) is 7.79. The van der Waals surface area contributed by atoms with Crippen molar-refractivity contribution in [3.63, 3.8) is 0 Å². The van der Waals surface area contributed by atoms with E-state index >= 15 is 0 Å². The van der Waals surface area contributed by atoms with Gasteiger partial charge in [-0.1, -0.05) is 29.3 Å². The van der Waals surface area contributed by atoms with E-state index < -0.39 is 10.0 Å². The van der Waals surface area contributed by atoms with Gasteiger partial charge in [-0.25, -0.2) is 8.42 Å². The number of carbonyl (C=O) groups excluding carboxylic acids is 1. The first-order chi connectivity index (χ1) is 11.8. The van der Waals surface area contributed by atoms with Crippen molar-refractivity contribution in [1.82, 2.24) is 5.32 Å². The maximum Gasteiger partial charge on any atom is 0.251 e. The van der Waals surface area contributed by atoms with Crippen LogP contribution in [-0.2, 0) is 10.0 Å². The van der Waals surface area contributed by atoms with Crippen LogP contribution in [0.3, 0.4) is 0 Å². The first kappa shape index (κ1) is 19.4. The van der Waals surface area contributed by atoms with Crippen LogP contribution in [0.25, 0.3) is 0 Å². The molecule has 0 unspecified atom stereocenters. The minimum atomic E-state index is -3.34. The van der Waals surface area contributed by atoms with Crippen LogP contribution in [0.1, 0.15) is 10.4 Å². The van der Waals surface area contributed by atoms with Gasteiger partial charge in [0.05, 0.1) is 22.0 Å². The Morgan fingerprint density at radius 2 is 1.60 bits per heavy atom. The summed E-state index contributed by atoms with van der Waals surface area (Å²) in [5, 5.41) is 6.83. The van der Waals surface area contributed by atoms with Crippen LogP contribution in [0.2, 0.25) is 10.0 Å². The van der Waals surface area contributed by atoms with Gasteiger partial charge in [0.2, 0.25) is 10.0 Å². The Hall–Kier alpha value is -1.96. The number of para-hydroxylation sites is 1. The zero-order valence-electron chi connectivity index (χ0n) is 13.3. The van der Waals surface area contributed by atoms with Gasteiger partial charge < -0.3 is 10.6 Å². The number of rotatable bonds is 7. The fourth-order valence-corrected chi connectivity index (χ4v) is 3.13. The summed E-state index contributed by atoms with van der Waals surface area (Å²) in [6.07, 6.45) is 1.06. The highest BCUT2D eigenvalue weighted by Crippen LogP contribution is 2.29. The fourth-order valence-electron chi connectivity index (χ4n) is 2.04. The summed E-state index contributed by atoms with van der Waals surface area (Å²) in [5.74, 6) is -0.266. The molecular weight excluding hydrogens is 385 g/mol. The van der Waals surface area contributed by atoms with Crippen LogP contribution in [0.5, 0.6) is 0 Å². The summed E-state index contributed by atoms with van der Waals surface area (Å²) in [5.41, 5.74) is 1.44. The van der Waals surface area contributed by atoms with Gasteiger partial charge in [0.1, 0.15) is 0 Å². The van der Waals surface area contributed by atoms with E-state index in [0.717, 1.165) is 6.26 Å². The van der Waals surface area contributed by atoms with Gasteiger partial charge in [-0.3, -0.25) is 9.52 Å². The molecule has 6 nitrogen and oxygen atoms in total. The fraction of sp³-hybridized carbons (Fsp3) is 0.188. The van der Waals surface area contributed by atoms with Gasteiger partial charge in [0, 0.05) is 24.3 Å². The van der Waals surface area contributed by atoms with E-state index in [1.165, 1.54) is 12.1 Å². The smallest absolute Gasteiger partial charge is 0.251 e. The normalized spacial score (nSPS) is 11.0. The van der Waals surface area contributed by atoms with E-state index in [9.17, 15) is 13.2 Å². The quantitative estimate of drug-likeness (QED) is 0.621. The van der Waals surface area contributed by atoms with Gasteiger partial charge >= 0.3 is 0 Å². The van der Waals surface area contributed by atoms with E-state index in [1.807, 2.05) is 0 Å². The van der Waals surface area contributed by atoms with Crippen molar-refractivity contribution in [3.05, 3.63) is 58.1 Å². The van der Waals surface area contributed by atoms with Gasteiger partial charge in [-0.05, 0) is 36.4 Å². The molecule has 25 heavy (non-hydrogen) atoms. The predicted molar refractivity (Wildman–Crippen MR) is 102 cm³/mol. The van der Waals surface area contributed by atoms with Crippen molar-refractivity contribution in [3.8, 4) is 0 Å². The standard InChI is InChI=1S/C16H17Cl2N3O3S/c1-25(23,24)21-12-7-5-11(6-8-12)16(22)20-10-9-19-15-13(17)3-2-4-14(15)18/h2-8,19,21H,9-10H2,1H3,(H,20,22). The van der Waals surface area contributed by atoms with Gasteiger partial charge in [0.25, 0.3) is 5.91 Å². The molecule has 2 aromatic carbocycles. The molecule has 2 aromatic rings. The zero-order valence-corrected chi connectivity index (χ0v) is 15.7. The highest BCUT2D eigenvalue weighted by atomic mass is 35.5. The van der Waals surface area contributed by atoms with E-state index in [-0.39, 0.29) is 5.91 Å². The molecule has 0 aliphatic rings. The molecule has 0 bridgehead atoms. The molecule has 3 N–H and O–H groups in total. The van der Waals surface area contributed by atoms with Gasteiger partial charge in [0.15, 0.2) is 0 Å². The summed E-state index contributed by atoms with van der Waals surface area (Å²) in [6, 6.07) is 11.3. The third-order valence-electron chi connectivity index (χ3n) is 3.13. The summed E-state index contributed by atoms with van der Waals surface area (Å²) in [7, 11) is -3.34. The van der Waals surface area contributed by atoms with Crippen LogP contribution < -0.4 is 15.4 Å². The number of amides is 1. The molecule has 134 valence electrons. The molecule has 2 rings (SSSR count). The SMILES string of the molecule is CS(=O)(=O)Nc1ccc(C(=O)NCCNc2c(Cl)cccc2Cl)cc1. The highest BCUT2D eigenvalue weighted by molar-refractivity contribution is 7.92. The van der Waals surface area contributed by atoms with Gasteiger partial charge in [-0.15, -0.1) is 0 Å². The predicted octanol–water partition coefficient (Wildman–Crippen LogP) is 3.21. The molecule has 0 fully saturated rings. The monoisotopic (exact) mass is 401 g/mol. The van der Waals surface area contributed by atoms with Crippen molar-refractivity contribution in [1.29, 1.82) is 0 Å². The molecule has 0 saturated heterocycles. The number of anilines is 2. The highest BCUT2D eigenvalue weighted by Gasteiger charge is 2.07. The molecule has 9 heteroatoms. The maximum atomic E-state index is 12.1. The van der Waals surface area contributed by atoms with E-state index in [2.05, 4.69) is 15.4 Å². The van der Waals surface area contributed by atoms with Crippen LogP contribution in [0.4, 0.5) is 11.4 Å². The van der Waals surface area contributed by atoms with E-state index in [1.54, 1.807) is 30.3 Å². The first-order valence-electron chi connectivity index (χ1n) is 7.30. The molecule has 0 heterocycles. The molecule has 0 aromatic heterocycles. The minimum Gasteiger partial charge on any atom is -0.381 e. The summed E-state index contributed by atoms with van der Waals surface area (Å²) in [4.78, 5) is 12.1. The second-order valence-electron chi connectivity index (χ2n) is 5.23. The maximum absolute atomic E-state index is 12.1. The van der Waals surface area contributed by atoms with Crippen molar-refractivity contribution in [2.24, 2.45) is 0 Å². The van der Waals surface area contributed by atoms with Crippen molar-refractivity contribution in [2.75, 3.05) is 29.4 Å². The van der Waals surface area contributed by atoms with Crippen LogP contribution in [-0.4, -0.2) is 33.7 Å². The lowest BCUT2D eigenvalue weighted by Gasteiger charge is -2.11. The molecule has 0 saturated carbocycles. The molecule has 0 aliphatic heterocycles. The van der Waals surface area contributed by atoms with Crippen molar-refractivity contribution >= 4 is 50.5 Å². The summed E-state index contributed by atoms with van der Waals surface area (Å²) in [6.45, 7) is 0.812. The lowest BCUT2D eigenvalue weighted by molar-refractivity contribution is 0.0955. The Bertz CT molecular complexity index is 835. The average Bonchev–Trinajstić information content (AvgIpc) is 2.52. The van der Waals surface area contributed by atoms with Crippen molar-refractivity contribution in [2.45, 2.75) is 0 Å². The second kappa shape index (κ2) is 8.42. The van der Waals surface area contributed by atoms with Crippen LogP contribution in [0, 0.1) is 0 Å². The minimum absolute atomic E-state index is 0.266. The number of nitrogens with one attached hydrogen (secondary N) is 3. The lowest BCUT2D eigenvalue weighted by atomic mass is 10.2. The molecule has 1 amide bonds. The number of hydrogen-bond donors (Lipinski definition) is 3. The van der Waals surface area contributed by atoms with E-state index in [0.29, 0.717) is 40.1 Å². The summed E-state index contributed by atoms with van der Waals surface area (Å²) < 4.78 is 24.6. The Labute approximate surface area is 156 Å². The molecule has 0 atom stereocenters. The Morgan fingerprint density at radius 1 is 1.00 bits per heavy atom. The third-order valence-corrected chi connectivity index (χ3v) is 4.36. The van der Waals surface area contributed by atoms with Crippen LogP contribution >= 0.6 is 23.2 Å². The molecular formula is C16H17Cl2N3O3S. The largest absolute Gasteiger partial charge is 0.381 e. The molecule has 0 aliphatic carbocycles. The zero-order chi connectivity index (χ0) is 18.4. The number of sulfonamides is 1. The van der Waals surface area contributed by atoms with Crippen molar-refractivity contribution < 1.29 is 13.2 Å². The average molecular weight is 402 g/mol. The summed E-state index contributed by atoms with van der Waals surface area (Å²) >= 11 is 12.1. The molecule has 0 radical (unpaired) electrons. The third kappa shape index (κ3) is 6.12. The molecule has 0 spiro atoms. The topological polar surface area (TPSA) is 87.3 Å². The Kier molecular flexibility index (Phi) is 6.52. The van der Waals surface area contributed by atoms with E-state index in [4.69, 9.17) is 23.2 Å². The first-order valence-corrected chi connectivity index (χ1v) is 9.95. The van der Waals surface area contributed by atoms with Gasteiger partial charge in [-0.2, -0.15) is 0 Å². The number of halogens is 2. The number of benzene rings is 2. The Balaban J connectivity index is 1.84.